The zero-order valence-corrected chi connectivity index (χ0v) is 20.5. The smallest absolute Gasteiger partial charge is 0.415 e. The number of hydrogen-bond acceptors (Lipinski definition) is 5. The maximum atomic E-state index is 14.2. The lowest BCUT2D eigenvalue weighted by Gasteiger charge is -2.31. The molecule has 2 saturated heterocycles. The Bertz CT molecular complexity index is 1270. The van der Waals surface area contributed by atoms with Crippen LogP contribution in [-0.2, 0) is 4.74 Å². The number of hydrogen-bond donors (Lipinski definition) is 2. The fourth-order valence-corrected chi connectivity index (χ4v) is 4.91. The quantitative estimate of drug-likeness (QED) is 0.412. The Morgan fingerprint density at radius 3 is 2.46 bits per heavy atom. The second-order valence-corrected chi connectivity index (χ2v) is 9.36. The minimum Gasteiger partial charge on any atom is -0.465 e. The summed E-state index contributed by atoms with van der Waals surface area (Å²) >= 11 is 5.93. The first-order valence-electron chi connectivity index (χ1n) is 11.9. The van der Waals surface area contributed by atoms with Gasteiger partial charge in [0.05, 0.1) is 6.54 Å². The van der Waals surface area contributed by atoms with E-state index in [1.54, 1.807) is 60.7 Å². The number of rotatable bonds is 7. The molecule has 0 saturated carbocycles. The van der Waals surface area contributed by atoms with Gasteiger partial charge in [0.2, 0.25) is 0 Å². The van der Waals surface area contributed by atoms with E-state index in [2.05, 4.69) is 5.32 Å². The summed E-state index contributed by atoms with van der Waals surface area (Å²) in [5.74, 6) is 0.686. The molecule has 0 aromatic heterocycles. The summed E-state index contributed by atoms with van der Waals surface area (Å²) < 4.78 is 25.8. The molecule has 2 amide bonds. The molecule has 192 valence electrons. The molecule has 0 radical (unpaired) electrons. The van der Waals surface area contributed by atoms with E-state index < -0.39 is 30.1 Å². The highest BCUT2D eigenvalue weighted by atomic mass is 35.5. The van der Waals surface area contributed by atoms with Gasteiger partial charge >= 0.3 is 12.2 Å². The van der Waals surface area contributed by atoms with Gasteiger partial charge in [0.25, 0.3) is 0 Å². The van der Waals surface area contributed by atoms with Gasteiger partial charge in [-0.15, -0.1) is 0 Å². The summed E-state index contributed by atoms with van der Waals surface area (Å²) in [5.41, 5.74) is 1.02. The normalized spacial score (nSPS) is 21.1. The predicted octanol–water partition coefficient (Wildman–Crippen LogP) is 5.68. The Morgan fingerprint density at radius 1 is 1.14 bits per heavy atom. The van der Waals surface area contributed by atoms with Crippen molar-refractivity contribution in [2.45, 2.75) is 24.6 Å². The number of nitrogens with zero attached hydrogens (tertiary/aromatic N) is 2. The van der Waals surface area contributed by atoms with Crippen molar-refractivity contribution in [2.75, 3.05) is 24.5 Å². The van der Waals surface area contributed by atoms with Crippen LogP contribution in [-0.4, -0.2) is 54.0 Å². The molecule has 0 spiro atoms. The van der Waals surface area contributed by atoms with Crippen molar-refractivity contribution in [1.29, 1.82) is 0 Å². The zero-order chi connectivity index (χ0) is 25.9. The molecule has 0 aliphatic carbocycles. The first-order chi connectivity index (χ1) is 17.9. The Balaban J connectivity index is 1.43. The molecule has 2 aliphatic heterocycles. The standard InChI is InChI=1S/C27H25ClFN3O5/c28-18-4-8-22(9-5-18)36-23-10-6-20(7-11-23)32-25(17-2-1-3-19(29)14-17)24(37-27(32)35)16-31(26(33)34)21-12-13-30-15-21/h1-11,14,21,24-25,30H,12-13,15-16H2,(H,33,34)/t21?,24-,25-/m0/s1. The number of ether oxygens (including phenoxy) is 2. The highest BCUT2D eigenvalue weighted by Gasteiger charge is 2.46. The molecule has 2 N–H and O–H groups in total. The molecule has 5 rings (SSSR count). The number of cyclic esters (lactones) is 1. The number of halogens is 2. The molecule has 2 fully saturated rings. The Labute approximate surface area is 218 Å². The third-order valence-corrected chi connectivity index (χ3v) is 6.78. The van der Waals surface area contributed by atoms with Crippen LogP contribution in [0.4, 0.5) is 19.7 Å². The third kappa shape index (κ3) is 5.47. The van der Waals surface area contributed by atoms with Crippen molar-refractivity contribution in [1.82, 2.24) is 10.2 Å². The highest BCUT2D eigenvalue weighted by molar-refractivity contribution is 6.30. The molecule has 10 heteroatoms. The number of carbonyl (C=O) groups is 2. The van der Waals surface area contributed by atoms with Crippen molar-refractivity contribution >= 4 is 29.5 Å². The summed E-state index contributed by atoms with van der Waals surface area (Å²) in [5, 5.41) is 13.6. The third-order valence-electron chi connectivity index (χ3n) is 6.53. The van der Waals surface area contributed by atoms with Crippen LogP contribution >= 0.6 is 11.6 Å². The van der Waals surface area contributed by atoms with E-state index in [9.17, 15) is 19.1 Å². The number of carbonyl (C=O) groups excluding carboxylic acids is 1. The Kier molecular flexibility index (Phi) is 7.16. The molecule has 3 aromatic carbocycles. The van der Waals surface area contributed by atoms with Crippen molar-refractivity contribution < 1.29 is 28.6 Å². The number of benzene rings is 3. The van der Waals surface area contributed by atoms with Crippen molar-refractivity contribution in [3.8, 4) is 11.5 Å². The van der Waals surface area contributed by atoms with E-state index in [4.69, 9.17) is 21.1 Å². The van der Waals surface area contributed by atoms with Crippen molar-refractivity contribution in [2.24, 2.45) is 0 Å². The fourth-order valence-electron chi connectivity index (χ4n) is 4.78. The largest absolute Gasteiger partial charge is 0.465 e. The van der Waals surface area contributed by atoms with Crippen LogP contribution in [0.3, 0.4) is 0 Å². The summed E-state index contributed by atoms with van der Waals surface area (Å²) in [6.07, 6.45) is -1.91. The van der Waals surface area contributed by atoms with E-state index >= 15 is 0 Å². The van der Waals surface area contributed by atoms with Gasteiger partial charge < -0.3 is 24.8 Å². The maximum Gasteiger partial charge on any atom is 0.415 e. The van der Waals surface area contributed by atoms with Gasteiger partial charge in [-0.3, -0.25) is 4.90 Å². The molecule has 1 unspecified atom stereocenters. The first kappa shape index (κ1) is 24.9. The van der Waals surface area contributed by atoms with E-state index in [0.717, 1.165) is 0 Å². The second-order valence-electron chi connectivity index (χ2n) is 8.92. The van der Waals surface area contributed by atoms with E-state index in [-0.39, 0.29) is 12.6 Å². The summed E-state index contributed by atoms with van der Waals surface area (Å²) in [6.45, 7) is 1.20. The lowest BCUT2D eigenvalue weighted by molar-refractivity contribution is 0.0741. The predicted molar refractivity (Wildman–Crippen MR) is 136 cm³/mol. The monoisotopic (exact) mass is 525 g/mol. The van der Waals surface area contributed by atoms with Gasteiger partial charge in [-0.25, -0.2) is 14.0 Å². The second kappa shape index (κ2) is 10.7. The van der Waals surface area contributed by atoms with Crippen LogP contribution in [0.25, 0.3) is 0 Å². The number of anilines is 1. The molecular formula is C27H25ClFN3O5. The minimum absolute atomic E-state index is 0.0388. The van der Waals surface area contributed by atoms with Crippen LogP contribution in [0, 0.1) is 5.82 Å². The zero-order valence-electron chi connectivity index (χ0n) is 19.7. The van der Waals surface area contributed by atoms with E-state index in [0.29, 0.717) is 47.3 Å². The van der Waals surface area contributed by atoms with Gasteiger partial charge in [-0.2, -0.15) is 0 Å². The SMILES string of the molecule is O=C(O)N(C[C@@H]1OC(=O)N(c2ccc(Oc3ccc(Cl)cc3)cc2)[C@H]1c1cccc(F)c1)C1CCNC1. The fraction of sp³-hybridized carbons (Fsp3) is 0.259. The molecule has 37 heavy (non-hydrogen) atoms. The molecule has 3 atom stereocenters. The average molecular weight is 526 g/mol. The van der Waals surface area contributed by atoms with Gasteiger partial charge in [-0.05, 0) is 79.2 Å². The molecule has 8 nitrogen and oxygen atoms in total. The van der Waals surface area contributed by atoms with Crippen LogP contribution in [0.1, 0.15) is 18.0 Å². The summed E-state index contributed by atoms with van der Waals surface area (Å²) in [6, 6.07) is 18.7. The first-order valence-corrected chi connectivity index (χ1v) is 12.3. The Morgan fingerprint density at radius 2 is 1.84 bits per heavy atom. The molecule has 2 aliphatic rings. The Hall–Kier alpha value is -3.82. The van der Waals surface area contributed by atoms with E-state index in [1.165, 1.54) is 21.9 Å². The van der Waals surface area contributed by atoms with Crippen LogP contribution in [0.2, 0.25) is 5.02 Å². The molecule has 3 aromatic rings. The lowest BCUT2D eigenvalue weighted by atomic mass is 9.99. The summed E-state index contributed by atoms with van der Waals surface area (Å²) in [4.78, 5) is 27.9. The minimum atomic E-state index is -1.09. The number of carboxylic acid groups (broad SMARTS) is 1. The topological polar surface area (TPSA) is 91.3 Å². The molecule has 0 bridgehead atoms. The highest BCUT2D eigenvalue weighted by Crippen LogP contribution is 2.39. The molecular weight excluding hydrogens is 501 g/mol. The van der Waals surface area contributed by atoms with Gasteiger partial charge in [0.15, 0.2) is 0 Å². The van der Waals surface area contributed by atoms with Crippen LogP contribution in [0.5, 0.6) is 11.5 Å². The summed E-state index contributed by atoms with van der Waals surface area (Å²) in [7, 11) is 0. The average Bonchev–Trinajstić information content (AvgIpc) is 3.52. The lowest BCUT2D eigenvalue weighted by Crippen LogP contribution is -2.46. The van der Waals surface area contributed by atoms with Crippen LogP contribution in [0.15, 0.2) is 72.8 Å². The number of nitrogens with one attached hydrogen (secondary N) is 1. The van der Waals surface area contributed by atoms with Crippen molar-refractivity contribution in [3.63, 3.8) is 0 Å². The van der Waals surface area contributed by atoms with Gasteiger partial charge in [0, 0.05) is 23.3 Å². The van der Waals surface area contributed by atoms with Gasteiger partial charge in [0.1, 0.15) is 29.5 Å². The maximum absolute atomic E-state index is 14.2. The van der Waals surface area contributed by atoms with Gasteiger partial charge in [-0.1, -0.05) is 23.7 Å². The van der Waals surface area contributed by atoms with E-state index in [1.807, 2.05) is 0 Å². The number of amides is 2. The van der Waals surface area contributed by atoms with Crippen LogP contribution < -0.4 is 15.0 Å². The van der Waals surface area contributed by atoms with Crippen molar-refractivity contribution in [3.05, 3.63) is 89.2 Å². The molecule has 2 heterocycles.